The van der Waals surface area contributed by atoms with Crippen LogP contribution in [0.1, 0.15) is 123 Å². The number of aryl methyl sites for hydroxylation is 2. The maximum Gasteiger partial charge on any atom is 0.0572 e. The number of nitrogens with zero attached hydrogens (tertiary/aromatic N) is 2. The maximum atomic E-state index is 6.51. The molecule has 1 unspecified atom stereocenters. The number of fused-ring (bicyclic) bond motifs is 7. The van der Waals surface area contributed by atoms with Crippen LogP contribution < -0.4 is 11.5 Å². The summed E-state index contributed by atoms with van der Waals surface area (Å²) in [6.07, 6.45) is 18.3. The van der Waals surface area contributed by atoms with E-state index in [-0.39, 0.29) is 13.5 Å². The molecule has 4 N–H and O–H groups in total. The van der Waals surface area contributed by atoms with Crippen LogP contribution in [-0.2, 0) is 26.4 Å². The van der Waals surface area contributed by atoms with Crippen LogP contribution in [0.2, 0.25) is 0 Å². The highest BCUT2D eigenvalue weighted by Crippen LogP contribution is 2.49. The van der Waals surface area contributed by atoms with E-state index in [9.17, 15) is 0 Å². The highest BCUT2D eigenvalue weighted by atomic mass is 15.0. The molecule has 9 aromatic rings. The zero-order valence-electron chi connectivity index (χ0n) is 45.0. The Morgan fingerprint density at radius 3 is 1.92 bits per heavy atom. The molecule has 0 spiro atoms. The molecule has 4 nitrogen and oxygen atoms in total. The number of allylic oxidation sites excluding steroid dienone is 5. The van der Waals surface area contributed by atoms with E-state index in [1.807, 2.05) is 92.7 Å². The summed E-state index contributed by atoms with van der Waals surface area (Å²) in [5.41, 5.74) is 33.7. The molecule has 2 aromatic heterocycles. The Labute approximate surface area is 439 Å². The highest BCUT2D eigenvalue weighted by Gasteiger charge is 2.23. The normalized spacial score (nSPS) is 11.9. The summed E-state index contributed by atoms with van der Waals surface area (Å²) in [5.74, 6) is 0. The lowest BCUT2D eigenvalue weighted by Crippen LogP contribution is -2.13. The van der Waals surface area contributed by atoms with Crippen molar-refractivity contribution < 1.29 is 0 Å². The number of aromatic nitrogens is 2. The molecule has 0 bridgehead atoms. The SMILES string of the molecule is C.C=Cc1c(CC)c2ccc(-c3ccc4c(c3)c3c(n4C)CCC=C3)cc2n1C/C=C\C=C/C.CC.CC.CC.CC.Nc1ccccc1C(N)c1ccc(-c2ccc3c4c(cccc24)-c2ccccc2-3)cc1. The van der Waals surface area contributed by atoms with E-state index in [1.165, 1.54) is 99.6 Å². The number of anilines is 1. The minimum absolute atomic E-state index is 0. The second kappa shape index (κ2) is 26.9. The van der Waals surface area contributed by atoms with Crippen molar-refractivity contribution in [1.82, 2.24) is 9.13 Å². The molecule has 0 fully saturated rings. The van der Waals surface area contributed by atoms with Gasteiger partial charge >= 0.3 is 0 Å². The highest BCUT2D eigenvalue weighted by molar-refractivity contribution is 6.18. The second-order valence-corrected chi connectivity index (χ2v) is 17.0. The number of hydrogen-bond donors (Lipinski definition) is 2. The van der Waals surface area contributed by atoms with E-state index < -0.39 is 0 Å². The minimum Gasteiger partial charge on any atom is -0.398 e. The molecule has 2 heterocycles. The Balaban J connectivity index is 0.000000236. The van der Waals surface area contributed by atoms with Crippen LogP contribution in [0.4, 0.5) is 5.69 Å². The third kappa shape index (κ3) is 11.2. The number of rotatable bonds is 9. The van der Waals surface area contributed by atoms with Gasteiger partial charge in [-0.25, -0.2) is 0 Å². The number of nitrogen functional groups attached to an aromatic ring is 1. The molecule has 11 rings (SSSR count). The fourth-order valence-corrected chi connectivity index (χ4v) is 10.3. The van der Waals surface area contributed by atoms with Gasteiger partial charge in [0, 0.05) is 58.0 Å². The molecule has 0 radical (unpaired) electrons. The van der Waals surface area contributed by atoms with E-state index in [0.29, 0.717) is 0 Å². The number of benzene rings is 7. The largest absolute Gasteiger partial charge is 0.398 e. The molecule has 2 aliphatic carbocycles. The summed E-state index contributed by atoms with van der Waals surface area (Å²) >= 11 is 0. The molecule has 2 aliphatic rings. The predicted molar refractivity (Wildman–Crippen MR) is 327 cm³/mol. The van der Waals surface area contributed by atoms with Crippen molar-refractivity contribution in [2.45, 2.75) is 109 Å². The van der Waals surface area contributed by atoms with Gasteiger partial charge in [-0.1, -0.05) is 228 Å². The van der Waals surface area contributed by atoms with E-state index in [4.69, 9.17) is 11.5 Å². The van der Waals surface area contributed by atoms with Gasteiger partial charge in [0.05, 0.1) is 6.04 Å². The van der Waals surface area contributed by atoms with Gasteiger partial charge in [-0.15, -0.1) is 0 Å². The van der Waals surface area contributed by atoms with Crippen LogP contribution in [0.25, 0.3) is 89.2 Å². The van der Waals surface area contributed by atoms with E-state index in [1.54, 1.807) is 0 Å². The lowest BCUT2D eigenvalue weighted by Gasteiger charge is -2.16. The molecule has 378 valence electrons. The summed E-state index contributed by atoms with van der Waals surface area (Å²) in [4.78, 5) is 0. The zero-order chi connectivity index (χ0) is 51.9. The third-order valence-electron chi connectivity index (χ3n) is 13.5. The minimum atomic E-state index is -0.238. The molecule has 4 heteroatoms. The number of para-hydroxylation sites is 1. The Morgan fingerprint density at radius 1 is 0.630 bits per heavy atom. The molecular formula is C69H82N4. The first-order valence-corrected chi connectivity index (χ1v) is 26.6. The summed E-state index contributed by atoms with van der Waals surface area (Å²) in [6, 6.07) is 49.8. The van der Waals surface area contributed by atoms with E-state index in [0.717, 1.165) is 42.6 Å². The molecule has 73 heavy (non-hydrogen) atoms. The van der Waals surface area contributed by atoms with Crippen molar-refractivity contribution >= 4 is 50.4 Å². The first kappa shape index (κ1) is 56.5. The Hall–Kier alpha value is -7.40. The number of nitrogens with two attached hydrogens (primary N) is 2. The molecule has 0 amide bonds. The van der Waals surface area contributed by atoms with Crippen LogP contribution >= 0.6 is 0 Å². The molecule has 0 saturated carbocycles. The average Bonchev–Trinajstić information content (AvgIpc) is 4.06. The third-order valence-corrected chi connectivity index (χ3v) is 13.5. The summed E-state index contributed by atoms with van der Waals surface area (Å²) in [5, 5.41) is 5.32. The van der Waals surface area contributed by atoms with Crippen molar-refractivity contribution in [2.24, 2.45) is 12.8 Å². The molecular weight excluding hydrogens is 885 g/mol. The van der Waals surface area contributed by atoms with E-state index >= 15 is 0 Å². The van der Waals surface area contributed by atoms with Gasteiger partial charge in [-0.05, 0) is 128 Å². The standard InChI is InChI=1S/C31H32N2.C29H22N2.4C2H6.CH4/c1-5-8-9-12-19-33-28(7-3)24(6-2)26-17-15-23(21-31(26)33)22-16-18-30-27(20-22)25-13-10-11-14-29(25)32(30)4;30-27-11-4-3-8-26(27)29(31)19-14-12-18(13-15-19)20-16-17-25-22-7-2-1-6-21(22)24-10-5-9-23(20)28(24)25;4*1-2;/h5,7-10,12-13,15-18,20-21H,3,6,11,14,19H2,1-2,4H3;1-17,29H,30-31H2;4*1-2H3;1H4/b8-5-,12-9-;;;;;;. The van der Waals surface area contributed by atoms with Gasteiger partial charge in [0.15, 0.2) is 0 Å². The second-order valence-electron chi connectivity index (χ2n) is 17.0. The van der Waals surface area contributed by atoms with Crippen molar-refractivity contribution in [2.75, 3.05) is 5.73 Å². The summed E-state index contributed by atoms with van der Waals surface area (Å²) in [6.45, 7) is 25.2. The first-order chi connectivity index (χ1) is 35.4. The fraction of sp³-hybridized carbons (Fsp3) is 0.246. The zero-order valence-corrected chi connectivity index (χ0v) is 45.0. The topological polar surface area (TPSA) is 61.9 Å². The predicted octanol–water partition coefficient (Wildman–Crippen LogP) is 19.6. The van der Waals surface area contributed by atoms with Crippen molar-refractivity contribution in [3.63, 3.8) is 0 Å². The number of hydrogen-bond acceptors (Lipinski definition) is 2. The maximum absolute atomic E-state index is 6.51. The molecule has 7 aromatic carbocycles. The molecule has 0 aliphatic heterocycles. The van der Waals surface area contributed by atoms with Gasteiger partial charge in [0.1, 0.15) is 0 Å². The fourth-order valence-electron chi connectivity index (χ4n) is 10.3. The van der Waals surface area contributed by atoms with Crippen LogP contribution in [0.3, 0.4) is 0 Å². The average molecular weight is 967 g/mol. The quantitative estimate of drug-likeness (QED) is 0.112. The van der Waals surface area contributed by atoms with E-state index in [2.05, 4.69) is 181 Å². The monoisotopic (exact) mass is 967 g/mol. The Morgan fingerprint density at radius 2 is 1.25 bits per heavy atom. The van der Waals surface area contributed by atoms with Gasteiger partial charge in [-0.3, -0.25) is 0 Å². The Kier molecular flexibility index (Phi) is 20.8. The van der Waals surface area contributed by atoms with Crippen molar-refractivity contribution in [1.29, 1.82) is 0 Å². The summed E-state index contributed by atoms with van der Waals surface area (Å²) < 4.78 is 4.77. The lowest BCUT2D eigenvalue weighted by molar-refractivity contribution is 0.824. The van der Waals surface area contributed by atoms with Gasteiger partial charge in [0.2, 0.25) is 0 Å². The van der Waals surface area contributed by atoms with Gasteiger partial charge in [0.25, 0.3) is 0 Å². The lowest BCUT2D eigenvalue weighted by atomic mass is 9.92. The van der Waals surface area contributed by atoms with Crippen LogP contribution in [0, 0.1) is 0 Å². The molecule has 1 atom stereocenters. The van der Waals surface area contributed by atoms with Crippen molar-refractivity contribution in [3.05, 3.63) is 210 Å². The summed E-state index contributed by atoms with van der Waals surface area (Å²) in [7, 11) is 2.20. The van der Waals surface area contributed by atoms with Gasteiger partial charge in [-0.2, -0.15) is 0 Å². The van der Waals surface area contributed by atoms with Crippen LogP contribution in [-0.4, -0.2) is 9.13 Å². The molecule has 0 saturated heterocycles. The first-order valence-electron chi connectivity index (χ1n) is 26.6. The van der Waals surface area contributed by atoms with Crippen LogP contribution in [0.5, 0.6) is 0 Å². The Bertz CT molecular complexity index is 3320. The van der Waals surface area contributed by atoms with Crippen molar-refractivity contribution in [3.8, 4) is 44.5 Å². The van der Waals surface area contributed by atoms with Crippen LogP contribution in [0.15, 0.2) is 176 Å². The van der Waals surface area contributed by atoms with Gasteiger partial charge < -0.3 is 20.6 Å². The smallest absolute Gasteiger partial charge is 0.0572 e.